The summed E-state index contributed by atoms with van der Waals surface area (Å²) in [6.45, 7) is 0. The second-order valence-corrected chi connectivity index (χ2v) is 6.88. The van der Waals surface area contributed by atoms with Crippen molar-refractivity contribution in [2.75, 3.05) is 4.72 Å². The van der Waals surface area contributed by atoms with Crippen LogP contribution in [0.15, 0.2) is 23.7 Å². The Hall–Kier alpha value is -1.82. The van der Waals surface area contributed by atoms with Crippen molar-refractivity contribution < 1.29 is 13.5 Å². The lowest BCUT2D eigenvalue weighted by Crippen LogP contribution is -2.15. The summed E-state index contributed by atoms with van der Waals surface area (Å²) >= 11 is 6.77. The molecular formula is C11H8ClN3O3S2. The maximum Gasteiger partial charge on any atom is 0.238 e. The van der Waals surface area contributed by atoms with Gasteiger partial charge in [-0.05, 0) is 17.0 Å². The number of aromatic nitrogens is 1. The first-order valence-corrected chi connectivity index (χ1v) is 8.13. The SMILES string of the molecule is N#Cc1cc(CS(=O)(=O)Nc2ncc(Cl)cc2O)cs1. The lowest BCUT2D eigenvalue weighted by molar-refractivity contribution is 0.475. The molecule has 0 fully saturated rings. The number of thiophene rings is 1. The molecule has 2 N–H and O–H groups in total. The Morgan fingerprint density at radius 2 is 2.25 bits per heavy atom. The van der Waals surface area contributed by atoms with E-state index in [1.54, 1.807) is 5.38 Å². The zero-order valence-electron chi connectivity index (χ0n) is 9.87. The Morgan fingerprint density at radius 3 is 2.85 bits per heavy atom. The molecule has 2 aromatic rings. The molecule has 0 aromatic carbocycles. The summed E-state index contributed by atoms with van der Waals surface area (Å²) in [6, 6.07) is 4.62. The van der Waals surface area contributed by atoms with E-state index < -0.39 is 10.0 Å². The highest BCUT2D eigenvalue weighted by Gasteiger charge is 2.16. The molecule has 0 bridgehead atoms. The van der Waals surface area contributed by atoms with Gasteiger partial charge >= 0.3 is 0 Å². The van der Waals surface area contributed by atoms with Crippen molar-refractivity contribution in [1.29, 1.82) is 5.26 Å². The molecule has 0 aliphatic rings. The first-order valence-electron chi connectivity index (χ1n) is 5.22. The fraction of sp³-hybridized carbons (Fsp3) is 0.0909. The number of aromatic hydroxyl groups is 1. The smallest absolute Gasteiger partial charge is 0.238 e. The highest BCUT2D eigenvalue weighted by atomic mass is 35.5. The molecule has 0 spiro atoms. The highest BCUT2D eigenvalue weighted by molar-refractivity contribution is 7.91. The minimum Gasteiger partial charge on any atom is -0.504 e. The lowest BCUT2D eigenvalue weighted by atomic mass is 10.3. The summed E-state index contributed by atoms with van der Waals surface area (Å²) in [5.74, 6) is -0.858. The summed E-state index contributed by atoms with van der Waals surface area (Å²) in [5, 5.41) is 20.0. The zero-order chi connectivity index (χ0) is 14.8. The predicted octanol–water partition coefficient (Wildman–Crippen LogP) is 2.32. The number of nitriles is 1. The van der Waals surface area contributed by atoms with Gasteiger partial charge in [0.1, 0.15) is 10.9 Å². The Morgan fingerprint density at radius 1 is 1.50 bits per heavy atom. The van der Waals surface area contributed by atoms with Crippen LogP contribution in [0.4, 0.5) is 5.82 Å². The number of rotatable bonds is 4. The first kappa shape index (κ1) is 14.6. The van der Waals surface area contributed by atoms with Gasteiger partial charge in [-0.15, -0.1) is 11.3 Å². The highest BCUT2D eigenvalue weighted by Crippen LogP contribution is 2.25. The minimum atomic E-state index is -3.74. The van der Waals surface area contributed by atoms with Crippen molar-refractivity contribution in [1.82, 2.24) is 4.98 Å². The third kappa shape index (κ3) is 3.60. The zero-order valence-corrected chi connectivity index (χ0v) is 12.3. The average Bonchev–Trinajstić information content (AvgIpc) is 2.79. The predicted molar refractivity (Wildman–Crippen MR) is 76.2 cm³/mol. The number of nitrogens with zero attached hydrogens (tertiary/aromatic N) is 2. The molecule has 20 heavy (non-hydrogen) atoms. The number of anilines is 1. The largest absolute Gasteiger partial charge is 0.504 e. The molecule has 0 aliphatic heterocycles. The van der Waals surface area contributed by atoms with Crippen LogP contribution in [0.3, 0.4) is 0 Å². The van der Waals surface area contributed by atoms with Gasteiger partial charge in [-0.3, -0.25) is 4.72 Å². The molecule has 0 radical (unpaired) electrons. The average molecular weight is 330 g/mol. The number of nitrogens with one attached hydrogen (secondary N) is 1. The summed E-state index contributed by atoms with van der Waals surface area (Å²) in [4.78, 5) is 4.14. The maximum absolute atomic E-state index is 11.9. The molecule has 2 rings (SSSR count). The maximum atomic E-state index is 11.9. The second-order valence-electron chi connectivity index (χ2n) is 3.81. The van der Waals surface area contributed by atoms with Crippen LogP contribution in [0, 0.1) is 11.3 Å². The molecule has 6 nitrogen and oxygen atoms in total. The Kier molecular flexibility index (Phi) is 4.13. The fourth-order valence-corrected chi connectivity index (χ4v) is 3.51. The van der Waals surface area contributed by atoms with Crippen LogP contribution in [0.1, 0.15) is 10.4 Å². The molecule has 0 saturated heterocycles. The first-order chi connectivity index (χ1) is 9.39. The van der Waals surface area contributed by atoms with Crippen molar-refractivity contribution in [3.63, 3.8) is 0 Å². The van der Waals surface area contributed by atoms with Gasteiger partial charge in [0.25, 0.3) is 0 Å². The van der Waals surface area contributed by atoms with Gasteiger partial charge in [-0.25, -0.2) is 13.4 Å². The molecule has 0 saturated carbocycles. The molecule has 2 heterocycles. The van der Waals surface area contributed by atoms with E-state index in [1.165, 1.54) is 29.7 Å². The molecule has 9 heteroatoms. The van der Waals surface area contributed by atoms with Crippen LogP contribution in [0.2, 0.25) is 5.02 Å². The summed E-state index contributed by atoms with van der Waals surface area (Å²) in [6.07, 6.45) is 1.22. The van der Waals surface area contributed by atoms with Gasteiger partial charge in [0, 0.05) is 12.3 Å². The van der Waals surface area contributed by atoms with Crippen molar-refractivity contribution >= 4 is 38.8 Å². The number of pyridine rings is 1. The van der Waals surface area contributed by atoms with Gasteiger partial charge in [0.2, 0.25) is 10.0 Å². The lowest BCUT2D eigenvalue weighted by Gasteiger charge is -2.07. The van der Waals surface area contributed by atoms with Gasteiger partial charge in [-0.2, -0.15) is 5.26 Å². The van der Waals surface area contributed by atoms with Crippen LogP contribution in [-0.4, -0.2) is 18.5 Å². The van der Waals surface area contributed by atoms with Gasteiger partial charge in [0.15, 0.2) is 11.6 Å². The summed E-state index contributed by atoms with van der Waals surface area (Å²) in [7, 11) is -3.74. The van der Waals surface area contributed by atoms with E-state index >= 15 is 0 Å². The van der Waals surface area contributed by atoms with Crippen LogP contribution < -0.4 is 4.72 Å². The molecule has 2 aromatic heterocycles. The number of halogens is 1. The van der Waals surface area contributed by atoms with E-state index in [2.05, 4.69) is 9.71 Å². The van der Waals surface area contributed by atoms with E-state index in [9.17, 15) is 13.5 Å². The number of hydrogen-bond acceptors (Lipinski definition) is 6. The van der Waals surface area contributed by atoms with E-state index in [0.29, 0.717) is 10.4 Å². The Balaban J connectivity index is 2.17. The molecule has 104 valence electrons. The van der Waals surface area contributed by atoms with Gasteiger partial charge in [-0.1, -0.05) is 11.6 Å². The van der Waals surface area contributed by atoms with Crippen molar-refractivity contribution in [2.45, 2.75) is 5.75 Å². The normalized spacial score (nSPS) is 11.0. The minimum absolute atomic E-state index is 0.190. The van der Waals surface area contributed by atoms with E-state index in [0.717, 1.165) is 0 Å². The van der Waals surface area contributed by atoms with Crippen molar-refractivity contribution in [3.8, 4) is 11.8 Å². The van der Waals surface area contributed by atoms with E-state index in [4.69, 9.17) is 16.9 Å². The quantitative estimate of drug-likeness (QED) is 0.896. The monoisotopic (exact) mass is 329 g/mol. The molecule has 0 amide bonds. The van der Waals surface area contributed by atoms with Gasteiger partial charge in [0.05, 0.1) is 10.8 Å². The third-order valence-corrected chi connectivity index (χ3v) is 4.52. The standard InChI is InChI=1S/C11H8ClN3O3S2/c12-8-2-10(16)11(14-4-8)15-20(17,18)6-7-1-9(3-13)19-5-7/h1-2,4-5,16H,6H2,(H,14,15). The van der Waals surface area contributed by atoms with Crippen molar-refractivity contribution in [2.24, 2.45) is 0 Å². The Bertz CT molecular complexity index is 780. The molecule has 0 aliphatic carbocycles. The van der Waals surface area contributed by atoms with Crippen LogP contribution >= 0.6 is 22.9 Å². The van der Waals surface area contributed by atoms with Crippen molar-refractivity contribution in [3.05, 3.63) is 39.2 Å². The summed E-state index contributed by atoms with van der Waals surface area (Å²) < 4.78 is 26.0. The van der Waals surface area contributed by atoms with Gasteiger partial charge < -0.3 is 5.11 Å². The van der Waals surface area contributed by atoms with Crippen LogP contribution in [-0.2, 0) is 15.8 Å². The Labute approximate surface area is 124 Å². The van der Waals surface area contributed by atoms with Crippen LogP contribution in [0.5, 0.6) is 5.75 Å². The summed E-state index contributed by atoms with van der Waals surface area (Å²) in [5.41, 5.74) is 0.493. The molecular weight excluding hydrogens is 322 g/mol. The molecule has 0 atom stereocenters. The number of hydrogen-bond donors (Lipinski definition) is 2. The topological polar surface area (TPSA) is 103 Å². The third-order valence-electron chi connectivity index (χ3n) is 2.21. The second kappa shape index (κ2) is 5.66. The van der Waals surface area contributed by atoms with E-state index in [-0.39, 0.29) is 22.3 Å². The van der Waals surface area contributed by atoms with E-state index in [1.807, 2.05) is 6.07 Å². The number of sulfonamides is 1. The molecule has 0 unspecified atom stereocenters. The fourth-order valence-electron chi connectivity index (χ4n) is 1.42. The van der Waals surface area contributed by atoms with Crippen LogP contribution in [0.25, 0.3) is 0 Å².